The molecule has 3 rings (SSSR count). The lowest BCUT2D eigenvalue weighted by atomic mass is 9.97. The molecule has 2 saturated heterocycles. The zero-order chi connectivity index (χ0) is 20.1. The lowest BCUT2D eigenvalue weighted by Gasteiger charge is -2.34. The van der Waals surface area contributed by atoms with Crippen molar-refractivity contribution in [3.05, 3.63) is 29.8 Å². The van der Waals surface area contributed by atoms with Gasteiger partial charge in [-0.3, -0.25) is 4.79 Å². The van der Waals surface area contributed by atoms with E-state index in [2.05, 4.69) is 10.1 Å². The minimum Gasteiger partial charge on any atom is -0.406 e. The molecule has 0 spiro atoms. The van der Waals surface area contributed by atoms with E-state index in [1.165, 1.54) is 24.3 Å². The average Bonchev–Trinajstić information content (AvgIpc) is 3.20. The Morgan fingerprint density at radius 2 is 1.68 bits per heavy atom. The van der Waals surface area contributed by atoms with Crippen LogP contribution in [0.4, 0.5) is 18.0 Å². The second-order valence-corrected chi connectivity index (χ2v) is 7.17. The number of carbonyl (C=O) groups is 2. The van der Waals surface area contributed by atoms with E-state index in [1.807, 2.05) is 4.90 Å². The van der Waals surface area contributed by atoms with Gasteiger partial charge in [-0.25, -0.2) is 4.79 Å². The van der Waals surface area contributed by atoms with Crippen molar-refractivity contribution in [2.45, 2.75) is 38.6 Å². The summed E-state index contributed by atoms with van der Waals surface area (Å²) < 4.78 is 40.4. The van der Waals surface area contributed by atoms with Crippen LogP contribution in [-0.4, -0.2) is 54.3 Å². The van der Waals surface area contributed by atoms with E-state index in [-0.39, 0.29) is 30.2 Å². The van der Waals surface area contributed by atoms with Crippen LogP contribution in [0.15, 0.2) is 24.3 Å². The Hall–Kier alpha value is -2.45. The Bertz CT molecular complexity index is 688. The number of nitrogens with one attached hydrogen (secondary N) is 1. The van der Waals surface area contributed by atoms with Gasteiger partial charge in [-0.05, 0) is 43.4 Å². The van der Waals surface area contributed by atoms with E-state index in [1.54, 1.807) is 4.90 Å². The molecule has 1 aromatic rings. The normalized spacial score (nSPS) is 20.2. The quantitative estimate of drug-likeness (QED) is 0.846. The second kappa shape index (κ2) is 8.70. The molecule has 2 fully saturated rings. The van der Waals surface area contributed by atoms with Crippen LogP contribution in [0.25, 0.3) is 0 Å². The molecular formula is C19H24F3N3O3. The first-order chi connectivity index (χ1) is 13.3. The van der Waals surface area contributed by atoms with Crippen molar-refractivity contribution < 1.29 is 27.5 Å². The third kappa shape index (κ3) is 5.53. The maximum Gasteiger partial charge on any atom is 0.573 e. The topological polar surface area (TPSA) is 61.9 Å². The predicted molar refractivity (Wildman–Crippen MR) is 95.5 cm³/mol. The fraction of sp³-hybridized carbons (Fsp3) is 0.579. The fourth-order valence-electron chi connectivity index (χ4n) is 3.62. The van der Waals surface area contributed by atoms with Gasteiger partial charge in [0.25, 0.3) is 0 Å². The standard InChI is InChI=1S/C19H24F3N3O3/c20-19(21,22)28-16-7-5-14(6-8-16)12-23-17(26)15-4-3-11-25(13-15)18(27)24-9-1-2-10-24/h5-8,15H,1-4,9-13H2,(H,23,26)/t15-/m0/s1. The number of ether oxygens (including phenoxy) is 1. The number of hydrogen-bond acceptors (Lipinski definition) is 3. The fourth-order valence-corrected chi connectivity index (χ4v) is 3.62. The van der Waals surface area contributed by atoms with Crippen molar-refractivity contribution in [1.29, 1.82) is 0 Å². The summed E-state index contributed by atoms with van der Waals surface area (Å²) in [5.74, 6) is -0.714. The number of piperidine rings is 1. The lowest BCUT2D eigenvalue weighted by Crippen LogP contribution is -2.49. The molecule has 1 atom stereocenters. The molecule has 154 valence electrons. The molecule has 0 aliphatic carbocycles. The highest BCUT2D eigenvalue weighted by atomic mass is 19.4. The zero-order valence-electron chi connectivity index (χ0n) is 15.5. The first kappa shape index (κ1) is 20.3. The van der Waals surface area contributed by atoms with Crippen LogP contribution in [0, 0.1) is 5.92 Å². The molecule has 2 aliphatic heterocycles. The third-order valence-electron chi connectivity index (χ3n) is 5.06. The van der Waals surface area contributed by atoms with E-state index in [0.29, 0.717) is 25.1 Å². The van der Waals surface area contributed by atoms with Crippen LogP contribution in [0.1, 0.15) is 31.2 Å². The minimum absolute atomic E-state index is 0.00949. The van der Waals surface area contributed by atoms with Crippen molar-refractivity contribution in [1.82, 2.24) is 15.1 Å². The van der Waals surface area contributed by atoms with Crippen molar-refractivity contribution in [2.24, 2.45) is 5.92 Å². The minimum atomic E-state index is -4.73. The van der Waals surface area contributed by atoms with Gasteiger partial charge in [0.15, 0.2) is 0 Å². The summed E-state index contributed by atoms with van der Waals surface area (Å²) in [6.07, 6.45) is -1.18. The zero-order valence-corrected chi connectivity index (χ0v) is 15.5. The van der Waals surface area contributed by atoms with Gasteiger partial charge in [0.1, 0.15) is 5.75 Å². The largest absolute Gasteiger partial charge is 0.573 e. The highest BCUT2D eigenvalue weighted by Gasteiger charge is 2.32. The van der Waals surface area contributed by atoms with E-state index in [0.717, 1.165) is 32.4 Å². The SMILES string of the molecule is O=C(NCc1ccc(OC(F)(F)F)cc1)[C@H]1CCCN(C(=O)N2CCCC2)C1. The Morgan fingerprint density at radius 1 is 1.04 bits per heavy atom. The molecule has 0 bridgehead atoms. The molecule has 2 heterocycles. The van der Waals surface area contributed by atoms with Crippen LogP contribution in [-0.2, 0) is 11.3 Å². The third-order valence-corrected chi connectivity index (χ3v) is 5.06. The van der Waals surface area contributed by atoms with Gasteiger partial charge in [0.05, 0.1) is 5.92 Å². The molecule has 6 nitrogen and oxygen atoms in total. The highest BCUT2D eigenvalue weighted by molar-refractivity contribution is 5.81. The molecule has 28 heavy (non-hydrogen) atoms. The van der Waals surface area contributed by atoms with Crippen LogP contribution < -0.4 is 10.1 Å². The number of halogens is 3. The van der Waals surface area contributed by atoms with E-state index < -0.39 is 6.36 Å². The number of hydrogen-bond donors (Lipinski definition) is 1. The number of alkyl halides is 3. The Balaban J connectivity index is 1.48. The van der Waals surface area contributed by atoms with Crippen molar-refractivity contribution in [3.8, 4) is 5.75 Å². The number of carbonyl (C=O) groups excluding carboxylic acids is 2. The Labute approximate surface area is 161 Å². The lowest BCUT2D eigenvalue weighted by molar-refractivity contribution is -0.274. The second-order valence-electron chi connectivity index (χ2n) is 7.17. The monoisotopic (exact) mass is 399 g/mol. The predicted octanol–water partition coefficient (Wildman–Crippen LogP) is 3.13. The molecule has 0 unspecified atom stereocenters. The first-order valence-corrected chi connectivity index (χ1v) is 9.48. The molecule has 0 saturated carbocycles. The molecular weight excluding hydrogens is 375 g/mol. The highest BCUT2D eigenvalue weighted by Crippen LogP contribution is 2.23. The molecule has 1 N–H and O–H groups in total. The van der Waals surface area contributed by atoms with E-state index in [4.69, 9.17) is 0 Å². The molecule has 1 aromatic carbocycles. The number of amides is 3. The average molecular weight is 399 g/mol. The van der Waals surface area contributed by atoms with E-state index in [9.17, 15) is 22.8 Å². The molecule has 9 heteroatoms. The van der Waals surface area contributed by atoms with Gasteiger partial charge < -0.3 is 19.9 Å². The van der Waals surface area contributed by atoms with Crippen molar-refractivity contribution in [2.75, 3.05) is 26.2 Å². The van der Waals surface area contributed by atoms with Crippen molar-refractivity contribution >= 4 is 11.9 Å². The number of rotatable bonds is 4. The summed E-state index contributed by atoms with van der Waals surface area (Å²) >= 11 is 0. The van der Waals surface area contributed by atoms with Gasteiger partial charge in [0.2, 0.25) is 5.91 Å². The molecule has 0 aromatic heterocycles. The first-order valence-electron chi connectivity index (χ1n) is 9.48. The van der Waals surface area contributed by atoms with E-state index >= 15 is 0 Å². The Morgan fingerprint density at radius 3 is 2.32 bits per heavy atom. The number of benzene rings is 1. The summed E-state index contributed by atoms with van der Waals surface area (Å²) in [5, 5.41) is 2.81. The summed E-state index contributed by atoms with van der Waals surface area (Å²) in [6.45, 7) is 2.83. The molecule has 2 aliphatic rings. The number of nitrogens with zero attached hydrogens (tertiary/aromatic N) is 2. The smallest absolute Gasteiger partial charge is 0.406 e. The van der Waals surface area contributed by atoms with Crippen LogP contribution in [0.3, 0.4) is 0 Å². The summed E-state index contributed by atoms with van der Waals surface area (Å²) in [6, 6.07) is 5.39. The number of likely N-dealkylation sites (tertiary alicyclic amines) is 2. The van der Waals surface area contributed by atoms with Gasteiger partial charge in [-0.2, -0.15) is 0 Å². The van der Waals surface area contributed by atoms with Crippen molar-refractivity contribution in [3.63, 3.8) is 0 Å². The van der Waals surface area contributed by atoms with Gasteiger partial charge in [0, 0.05) is 32.7 Å². The summed E-state index contributed by atoms with van der Waals surface area (Å²) in [7, 11) is 0. The molecule has 3 amide bonds. The summed E-state index contributed by atoms with van der Waals surface area (Å²) in [4.78, 5) is 28.6. The maximum absolute atomic E-state index is 12.5. The Kier molecular flexibility index (Phi) is 6.31. The van der Waals surface area contributed by atoms with Gasteiger partial charge in [-0.1, -0.05) is 12.1 Å². The number of urea groups is 1. The van der Waals surface area contributed by atoms with Crippen LogP contribution in [0.5, 0.6) is 5.75 Å². The molecule has 0 radical (unpaired) electrons. The van der Waals surface area contributed by atoms with Crippen LogP contribution in [0.2, 0.25) is 0 Å². The maximum atomic E-state index is 12.5. The van der Waals surface area contributed by atoms with Gasteiger partial charge in [-0.15, -0.1) is 13.2 Å². The van der Waals surface area contributed by atoms with Gasteiger partial charge >= 0.3 is 12.4 Å². The summed E-state index contributed by atoms with van der Waals surface area (Å²) in [5.41, 5.74) is 0.670. The van der Waals surface area contributed by atoms with Crippen LogP contribution >= 0.6 is 0 Å².